The number of hydrogen-bond acceptors (Lipinski definition) is 2. The molecule has 0 bridgehead atoms. The van der Waals surface area contributed by atoms with Crippen LogP contribution in [0.15, 0.2) is 18.2 Å². The van der Waals surface area contributed by atoms with Crippen molar-refractivity contribution in [1.82, 2.24) is 10.2 Å². The Hall–Kier alpha value is -1.35. The van der Waals surface area contributed by atoms with E-state index in [0.29, 0.717) is 6.04 Å². The summed E-state index contributed by atoms with van der Waals surface area (Å²) in [6, 6.07) is 7.01. The van der Waals surface area contributed by atoms with Gasteiger partial charge in [-0.25, -0.2) is 0 Å². The number of nitrogens with one attached hydrogen (secondary N) is 1. The minimum atomic E-state index is 0.202. The standard InChI is InChI=1S/C16H24N2O/c1-12-5-4-6-15(13(12)2)11-17-16-7-9-18(10-8-16)14(3)19/h4-6,16-17H,7-11H2,1-3H3. The minimum absolute atomic E-state index is 0.202. The molecule has 2 rings (SSSR count). The minimum Gasteiger partial charge on any atom is -0.343 e. The van der Waals surface area contributed by atoms with Crippen molar-refractivity contribution in [1.29, 1.82) is 0 Å². The van der Waals surface area contributed by atoms with Gasteiger partial charge >= 0.3 is 0 Å². The highest BCUT2D eigenvalue weighted by Crippen LogP contribution is 2.15. The first-order valence-corrected chi connectivity index (χ1v) is 7.12. The number of piperidine rings is 1. The number of nitrogens with zero attached hydrogens (tertiary/aromatic N) is 1. The molecule has 1 fully saturated rings. The Balaban J connectivity index is 1.84. The fourth-order valence-electron chi connectivity index (χ4n) is 2.66. The van der Waals surface area contributed by atoms with Crippen molar-refractivity contribution in [2.24, 2.45) is 0 Å². The Morgan fingerprint density at radius 1 is 1.32 bits per heavy atom. The topological polar surface area (TPSA) is 32.3 Å². The summed E-state index contributed by atoms with van der Waals surface area (Å²) in [7, 11) is 0. The van der Waals surface area contributed by atoms with Gasteiger partial charge in [0.25, 0.3) is 0 Å². The lowest BCUT2D eigenvalue weighted by Gasteiger charge is -2.32. The first-order chi connectivity index (χ1) is 9.08. The number of carbonyl (C=O) groups is 1. The molecule has 0 spiro atoms. The molecule has 1 saturated heterocycles. The van der Waals surface area contributed by atoms with E-state index in [2.05, 4.69) is 37.4 Å². The van der Waals surface area contributed by atoms with Crippen LogP contribution in [-0.4, -0.2) is 29.9 Å². The van der Waals surface area contributed by atoms with Gasteiger partial charge in [0.2, 0.25) is 5.91 Å². The van der Waals surface area contributed by atoms with E-state index in [1.54, 1.807) is 6.92 Å². The Kier molecular flexibility index (Phi) is 4.59. The third-order valence-corrected chi connectivity index (χ3v) is 4.24. The monoisotopic (exact) mass is 260 g/mol. The number of carbonyl (C=O) groups excluding carboxylic acids is 1. The molecule has 1 aliphatic heterocycles. The Morgan fingerprint density at radius 2 is 2.00 bits per heavy atom. The van der Waals surface area contributed by atoms with Gasteiger partial charge in [0.05, 0.1) is 0 Å². The summed E-state index contributed by atoms with van der Waals surface area (Å²) in [5, 5.41) is 3.63. The van der Waals surface area contributed by atoms with Crippen molar-refractivity contribution in [2.45, 2.75) is 46.2 Å². The maximum absolute atomic E-state index is 11.3. The van der Waals surface area contributed by atoms with Crippen molar-refractivity contribution in [2.75, 3.05) is 13.1 Å². The van der Waals surface area contributed by atoms with E-state index >= 15 is 0 Å². The van der Waals surface area contributed by atoms with E-state index in [4.69, 9.17) is 0 Å². The number of hydrogen-bond donors (Lipinski definition) is 1. The van der Waals surface area contributed by atoms with Crippen LogP contribution in [0.5, 0.6) is 0 Å². The molecule has 104 valence electrons. The Labute approximate surface area is 116 Å². The molecule has 19 heavy (non-hydrogen) atoms. The average Bonchev–Trinajstić information content (AvgIpc) is 2.41. The molecule has 0 saturated carbocycles. The molecule has 1 heterocycles. The molecule has 1 N–H and O–H groups in total. The highest BCUT2D eigenvalue weighted by molar-refractivity contribution is 5.73. The van der Waals surface area contributed by atoms with Crippen LogP contribution >= 0.6 is 0 Å². The van der Waals surface area contributed by atoms with Crippen molar-refractivity contribution in [3.8, 4) is 0 Å². The summed E-state index contributed by atoms with van der Waals surface area (Å²) in [6.45, 7) is 8.70. The fraction of sp³-hybridized carbons (Fsp3) is 0.562. The summed E-state index contributed by atoms with van der Waals surface area (Å²) < 4.78 is 0. The molecular formula is C16H24N2O. The van der Waals surface area contributed by atoms with E-state index in [9.17, 15) is 4.79 Å². The van der Waals surface area contributed by atoms with Gasteiger partial charge in [0, 0.05) is 32.6 Å². The van der Waals surface area contributed by atoms with Crippen LogP contribution in [0.2, 0.25) is 0 Å². The predicted molar refractivity (Wildman–Crippen MR) is 78.0 cm³/mol. The molecule has 0 aromatic heterocycles. The van der Waals surface area contributed by atoms with Gasteiger partial charge in [-0.05, 0) is 43.4 Å². The highest BCUT2D eigenvalue weighted by atomic mass is 16.2. The summed E-state index contributed by atoms with van der Waals surface area (Å²) in [4.78, 5) is 13.2. The summed E-state index contributed by atoms with van der Waals surface area (Å²) in [6.07, 6.45) is 2.12. The van der Waals surface area contributed by atoms with Crippen LogP contribution < -0.4 is 5.32 Å². The number of benzene rings is 1. The zero-order valence-corrected chi connectivity index (χ0v) is 12.2. The SMILES string of the molecule is CC(=O)N1CCC(NCc2cccc(C)c2C)CC1. The van der Waals surface area contributed by atoms with Crippen molar-refractivity contribution < 1.29 is 4.79 Å². The van der Waals surface area contributed by atoms with Crippen LogP contribution in [0.25, 0.3) is 0 Å². The molecule has 1 aliphatic rings. The largest absolute Gasteiger partial charge is 0.343 e. The second kappa shape index (κ2) is 6.20. The van der Waals surface area contributed by atoms with E-state index in [1.165, 1.54) is 16.7 Å². The maximum Gasteiger partial charge on any atom is 0.219 e. The second-order valence-electron chi connectivity index (χ2n) is 5.52. The number of amides is 1. The number of aryl methyl sites for hydroxylation is 1. The normalized spacial score (nSPS) is 16.7. The van der Waals surface area contributed by atoms with E-state index in [-0.39, 0.29) is 5.91 Å². The van der Waals surface area contributed by atoms with E-state index in [0.717, 1.165) is 32.5 Å². The fourth-order valence-corrected chi connectivity index (χ4v) is 2.66. The molecule has 1 aromatic rings. The van der Waals surface area contributed by atoms with Gasteiger partial charge in [0.15, 0.2) is 0 Å². The van der Waals surface area contributed by atoms with Crippen LogP contribution in [0.4, 0.5) is 0 Å². The van der Waals surface area contributed by atoms with Crippen LogP contribution in [0.3, 0.4) is 0 Å². The highest BCUT2D eigenvalue weighted by Gasteiger charge is 2.20. The van der Waals surface area contributed by atoms with Crippen LogP contribution in [-0.2, 0) is 11.3 Å². The van der Waals surface area contributed by atoms with Crippen LogP contribution in [0, 0.1) is 13.8 Å². The summed E-state index contributed by atoms with van der Waals surface area (Å²) in [5.74, 6) is 0.202. The van der Waals surface area contributed by atoms with Gasteiger partial charge in [-0.15, -0.1) is 0 Å². The van der Waals surface area contributed by atoms with Crippen molar-refractivity contribution >= 4 is 5.91 Å². The van der Waals surface area contributed by atoms with Gasteiger partial charge in [-0.1, -0.05) is 18.2 Å². The lowest BCUT2D eigenvalue weighted by Crippen LogP contribution is -2.44. The molecule has 0 radical (unpaired) electrons. The summed E-state index contributed by atoms with van der Waals surface area (Å²) in [5.41, 5.74) is 4.12. The zero-order valence-electron chi connectivity index (χ0n) is 12.2. The number of rotatable bonds is 3. The molecule has 0 atom stereocenters. The summed E-state index contributed by atoms with van der Waals surface area (Å²) >= 11 is 0. The molecule has 0 aliphatic carbocycles. The maximum atomic E-state index is 11.3. The molecule has 1 aromatic carbocycles. The lowest BCUT2D eigenvalue weighted by atomic mass is 10.0. The molecule has 1 amide bonds. The van der Waals surface area contributed by atoms with Gasteiger partial charge in [-0.3, -0.25) is 4.79 Å². The first kappa shape index (κ1) is 14.1. The molecule has 3 nitrogen and oxygen atoms in total. The number of likely N-dealkylation sites (tertiary alicyclic amines) is 1. The Bertz CT molecular complexity index is 448. The predicted octanol–water partition coefficient (Wildman–Crippen LogP) is 2.40. The van der Waals surface area contributed by atoms with E-state index in [1.807, 2.05) is 4.90 Å². The third-order valence-electron chi connectivity index (χ3n) is 4.24. The van der Waals surface area contributed by atoms with Gasteiger partial charge in [0.1, 0.15) is 0 Å². The quantitative estimate of drug-likeness (QED) is 0.905. The molecule has 3 heteroatoms. The van der Waals surface area contributed by atoms with Gasteiger partial charge < -0.3 is 10.2 Å². The van der Waals surface area contributed by atoms with E-state index < -0.39 is 0 Å². The Morgan fingerprint density at radius 3 is 2.63 bits per heavy atom. The van der Waals surface area contributed by atoms with Crippen LogP contribution in [0.1, 0.15) is 36.5 Å². The van der Waals surface area contributed by atoms with Crippen molar-refractivity contribution in [3.63, 3.8) is 0 Å². The van der Waals surface area contributed by atoms with Crippen molar-refractivity contribution in [3.05, 3.63) is 34.9 Å². The molecule has 0 unspecified atom stereocenters. The lowest BCUT2D eigenvalue weighted by molar-refractivity contribution is -0.129. The first-order valence-electron chi connectivity index (χ1n) is 7.12. The van der Waals surface area contributed by atoms with Gasteiger partial charge in [-0.2, -0.15) is 0 Å². The molecular weight excluding hydrogens is 236 g/mol. The zero-order chi connectivity index (χ0) is 13.8. The smallest absolute Gasteiger partial charge is 0.219 e. The second-order valence-corrected chi connectivity index (χ2v) is 5.52. The average molecular weight is 260 g/mol. The third kappa shape index (κ3) is 3.57.